The molecule has 0 atom stereocenters. The highest BCUT2D eigenvalue weighted by Gasteiger charge is 2.14. The van der Waals surface area contributed by atoms with Gasteiger partial charge in [0.15, 0.2) is 0 Å². The topological polar surface area (TPSA) is 59.8 Å². The zero-order chi connectivity index (χ0) is 18.1. The quantitative estimate of drug-likeness (QED) is 0.583. The number of aromatic nitrogens is 3. The number of nitrogens with zero attached hydrogens (tertiary/aromatic N) is 3. The number of pyridine rings is 1. The van der Waals surface area contributed by atoms with E-state index in [1.807, 2.05) is 43.3 Å². The third-order valence-electron chi connectivity index (χ3n) is 4.13. The molecule has 0 unspecified atom stereocenters. The van der Waals surface area contributed by atoms with E-state index < -0.39 is 0 Å². The number of halogens is 1. The SMILES string of the molecule is Cc1ccncc1Nc1nc2ccc(Cl)cc2c(=O)n1-c1ccccc1. The zero-order valence-corrected chi connectivity index (χ0v) is 14.7. The average Bonchev–Trinajstić information content (AvgIpc) is 2.65. The van der Waals surface area contributed by atoms with Crippen LogP contribution in [0, 0.1) is 6.92 Å². The van der Waals surface area contributed by atoms with Crippen molar-refractivity contribution in [2.24, 2.45) is 0 Å². The van der Waals surface area contributed by atoms with Crippen LogP contribution in [0.4, 0.5) is 11.6 Å². The van der Waals surface area contributed by atoms with Gasteiger partial charge in [0.2, 0.25) is 5.95 Å². The molecule has 4 rings (SSSR count). The maximum atomic E-state index is 13.2. The van der Waals surface area contributed by atoms with Gasteiger partial charge < -0.3 is 5.32 Å². The van der Waals surface area contributed by atoms with Crippen molar-refractivity contribution in [2.45, 2.75) is 6.92 Å². The second-order valence-corrected chi connectivity index (χ2v) is 6.33. The third kappa shape index (κ3) is 2.93. The van der Waals surface area contributed by atoms with Crippen LogP contribution in [0.3, 0.4) is 0 Å². The molecule has 0 saturated heterocycles. The Kier molecular flexibility index (Phi) is 4.14. The molecular formula is C20H15ClN4O. The number of benzene rings is 2. The molecule has 2 aromatic heterocycles. The first-order valence-corrected chi connectivity index (χ1v) is 8.46. The van der Waals surface area contributed by atoms with Crippen molar-refractivity contribution in [1.29, 1.82) is 0 Å². The normalized spacial score (nSPS) is 10.8. The Balaban J connectivity index is 2.00. The van der Waals surface area contributed by atoms with E-state index in [1.165, 1.54) is 0 Å². The Labute approximate surface area is 154 Å². The molecule has 4 aromatic rings. The number of rotatable bonds is 3. The van der Waals surface area contributed by atoms with Gasteiger partial charge in [-0.2, -0.15) is 0 Å². The Morgan fingerprint density at radius 3 is 2.65 bits per heavy atom. The molecule has 0 aliphatic carbocycles. The lowest BCUT2D eigenvalue weighted by Gasteiger charge is -2.16. The number of aryl methyl sites for hydroxylation is 1. The van der Waals surface area contributed by atoms with Crippen molar-refractivity contribution >= 4 is 34.1 Å². The second kappa shape index (κ2) is 6.61. The van der Waals surface area contributed by atoms with Gasteiger partial charge in [-0.25, -0.2) is 9.55 Å². The number of hydrogen-bond acceptors (Lipinski definition) is 4. The summed E-state index contributed by atoms with van der Waals surface area (Å²) < 4.78 is 1.55. The minimum absolute atomic E-state index is 0.187. The zero-order valence-electron chi connectivity index (χ0n) is 14.0. The van der Waals surface area contributed by atoms with Crippen molar-refractivity contribution in [3.63, 3.8) is 0 Å². The molecule has 2 aromatic carbocycles. The smallest absolute Gasteiger partial charge is 0.267 e. The molecule has 26 heavy (non-hydrogen) atoms. The number of fused-ring (bicyclic) bond motifs is 1. The summed E-state index contributed by atoms with van der Waals surface area (Å²) in [6, 6.07) is 16.4. The molecule has 5 nitrogen and oxygen atoms in total. The van der Waals surface area contributed by atoms with Crippen molar-refractivity contribution in [2.75, 3.05) is 5.32 Å². The standard InChI is InChI=1S/C20H15ClN4O/c1-13-9-10-22-12-18(13)24-20-23-17-8-7-14(21)11-16(17)19(26)25(20)15-5-3-2-4-6-15/h2-12H,1H3,(H,23,24). The molecule has 0 spiro atoms. The van der Waals surface area contributed by atoms with Gasteiger partial charge >= 0.3 is 0 Å². The predicted octanol–water partition coefficient (Wildman–Crippen LogP) is 4.49. The average molecular weight is 363 g/mol. The van der Waals surface area contributed by atoms with Crippen molar-refractivity contribution in [1.82, 2.24) is 14.5 Å². The summed E-state index contributed by atoms with van der Waals surface area (Å²) in [6.07, 6.45) is 3.43. The molecule has 0 bridgehead atoms. The number of nitrogens with one attached hydrogen (secondary N) is 1. The summed E-state index contributed by atoms with van der Waals surface area (Å²) in [5.41, 5.74) is 2.90. The van der Waals surface area contributed by atoms with Gasteiger partial charge in [0, 0.05) is 11.2 Å². The van der Waals surface area contributed by atoms with Crippen LogP contribution in [0.25, 0.3) is 16.6 Å². The Hall–Kier alpha value is -3.18. The van der Waals surface area contributed by atoms with Crippen LogP contribution < -0.4 is 10.9 Å². The first-order valence-electron chi connectivity index (χ1n) is 8.09. The highest BCUT2D eigenvalue weighted by molar-refractivity contribution is 6.31. The monoisotopic (exact) mass is 362 g/mol. The molecule has 2 heterocycles. The van der Waals surface area contributed by atoms with E-state index in [-0.39, 0.29) is 5.56 Å². The van der Waals surface area contributed by atoms with Crippen LogP contribution in [-0.4, -0.2) is 14.5 Å². The van der Waals surface area contributed by atoms with Gasteiger partial charge in [0.05, 0.1) is 28.5 Å². The fraction of sp³-hybridized carbons (Fsp3) is 0.0500. The van der Waals surface area contributed by atoms with Crippen LogP contribution in [0.5, 0.6) is 0 Å². The summed E-state index contributed by atoms with van der Waals surface area (Å²) in [6.45, 7) is 1.97. The first kappa shape index (κ1) is 16.3. The molecule has 0 fully saturated rings. The van der Waals surface area contributed by atoms with E-state index in [9.17, 15) is 4.79 Å². The maximum absolute atomic E-state index is 13.2. The van der Waals surface area contributed by atoms with E-state index >= 15 is 0 Å². The van der Waals surface area contributed by atoms with Crippen LogP contribution in [0.2, 0.25) is 5.02 Å². The Morgan fingerprint density at radius 1 is 1.08 bits per heavy atom. The van der Waals surface area contributed by atoms with Crippen molar-refractivity contribution in [3.8, 4) is 5.69 Å². The maximum Gasteiger partial charge on any atom is 0.267 e. The first-order chi connectivity index (χ1) is 12.6. The highest BCUT2D eigenvalue weighted by Crippen LogP contribution is 2.23. The summed E-state index contributed by atoms with van der Waals surface area (Å²) >= 11 is 6.08. The van der Waals surface area contributed by atoms with Crippen LogP contribution in [0.15, 0.2) is 71.8 Å². The minimum Gasteiger partial charge on any atom is -0.324 e. The predicted molar refractivity (Wildman–Crippen MR) is 105 cm³/mol. The molecular weight excluding hydrogens is 348 g/mol. The largest absolute Gasteiger partial charge is 0.324 e. The van der Waals surface area contributed by atoms with Crippen LogP contribution in [-0.2, 0) is 0 Å². The third-order valence-corrected chi connectivity index (χ3v) is 4.37. The van der Waals surface area contributed by atoms with E-state index in [0.29, 0.717) is 21.9 Å². The molecule has 0 radical (unpaired) electrons. The lowest BCUT2D eigenvalue weighted by molar-refractivity contribution is 0.973. The molecule has 0 amide bonds. The van der Waals surface area contributed by atoms with Gasteiger partial charge in [0.25, 0.3) is 5.56 Å². The van der Waals surface area contributed by atoms with Gasteiger partial charge in [-0.15, -0.1) is 0 Å². The summed E-state index contributed by atoms with van der Waals surface area (Å²) in [5.74, 6) is 0.423. The van der Waals surface area contributed by atoms with Gasteiger partial charge in [0.1, 0.15) is 0 Å². The lowest BCUT2D eigenvalue weighted by Crippen LogP contribution is -2.23. The second-order valence-electron chi connectivity index (χ2n) is 5.89. The Morgan fingerprint density at radius 2 is 1.88 bits per heavy atom. The molecule has 128 valence electrons. The highest BCUT2D eigenvalue weighted by atomic mass is 35.5. The van der Waals surface area contributed by atoms with Gasteiger partial charge in [-0.3, -0.25) is 9.78 Å². The minimum atomic E-state index is -0.187. The molecule has 0 aliphatic rings. The van der Waals surface area contributed by atoms with E-state index in [2.05, 4.69) is 15.3 Å². The molecule has 0 saturated carbocycles. The summed E-state index contributed by atoms with van der Waals surface area (Å²) in [4.78, 5) is 22.0. The summed E-state index contributed by atoms with van der Waals surface area (Å²) in [5, 5.41) is 4.21. The number of anilines is 2. The van der Waals surface area contributed by atoms with Crippen molar-refractivity contribution < 1.29 is 0 Å². The number of hydrogen-bond donors (Lipinski definition) is 1. The van der Waals surface area contributed by atoms with Crippen LogP contribution in [0.1, 0.15) is 5.56 Å². The molecule has 1 N–H and O–H groups in total. The molecule has 0 aliphatic heterocycles. The number of para-hydroxylation sites is 1. The van der Waals surface area contributed by atoms with E-state index in [1.54, 1.807) is 35.2 Å². The fourth-order valence-corrected chi connectivity index (χ4v) is 2.95. The Bertz CT molecular complexity index is 1160. The lowest BCUT2D eigenvalue weighted by atomic mass is 10.2. The van der Waals surface area contributed by atoms with Crippen molar-refractivity contribution in [3.05, 3.63) is 87.9 Å². The van der Waals surface area contributed by atoms with E-state index in [4.69, 9.17) is 11.6 Å². The summed E-state index contributed by atoms with van der Waals surface area (Å²) in [7, 11) is 0. The van der Waals surface area contributed by atoms with Gasteiger partial charge in [-0.05, 0) is 48.9 Å². The van der Waals surface area contributed by atoms with Gasteiger partial charge in [-0.1, -0.05) is 29.8 Å². The fourth-order valence-electron chi connectivity index (χ4n) is 2.77. The molecule has 6 heteroatoms. The van der Waals surface area contributed by atoms with E-state index in [0.717, 1.165) is 16.9 Å². The van der Waals surface area contributed by atoms with Crippen LogP contribution >= 0.6 is 11.6 Å².